The molecular formula is C32H41N3O5S2. The number of rotatable bonds is 14. The molecule has 2 amide bonds. The Morgan fingerprint density at radius 1 is 0.976 bits per heavy atom. The van der Waals surface area contributed by atoms with Crippen LogP contribution in [0.5, 0.6) is 5.75 Å². The lowest BCUT2D eigenvalue weighted by atomic mass is 10.1. The van der Waals surface area contributed by atoms with Crippen molar-refractivity contribution in [2.75, 3.05) is 24.2 Å². The summed E-state index contributed by atoms with van der Waals surface area (Å²) in [6.07, 6.45) is 3.01. The Morgan fingerprint density at radius 3 is 2.21 bits per heavy atom. The quantitative estimate of drug-likeness (QED) is 0.237. The van der Waals surface area contributed by atoms with Crippen LogP contribution in [-0.4, -0.2) is 57.1 Å². The second-order valence-corrected chi connectivity index (χ2v) is 12.9. The molecule has 0 saturated carbocycles. The first-order valence-electron chi connectivity index (χ1n) is 14.0. The number of anilines is 1. The number of aryl methyl sites for hydroxylation is 1. The normalized spacial score (nSPS) is 12.7. The summed E-state index contributed by atoms with van der Waals surface area (Å²) < 4.78 is 34.5. The zero-order chi connectivity index (χ0) is 30.9. The standard InChI is InChI=1S/C32H41N3O5S2/c1-7-24(4)33-32(37)30(8-2)34(21-25-10-9-11-27(20-25)40-5)31(36)22-35(26-14-12-23(3)13-15-26)42(38,39)29-18-16-28(41-6)17-19-29/h9-20,24,30H,7-8,21-22H2,1-6H3,(H,33,37)/t24-,30+/m1/s1. The summed E-state index contributed by atoms with van der Waals surface area (Å²) in [5.74, 6) is -0.149. The van der Waals surface area contributed by atoms with E-state index >= 15 is 0 Å². The third-order valence-corrected chi connectivity index (χ3v) is 9.65. The number of hydrogen-bond donors (Lipinski definition) is 1. The van der Waals surface area contributed by atoms with Gasteiger partial charge in [0.15, 0.2) is 0 Å². The van der Waals surface area contributed by atoms with E-state index in [1.807, 2.05) is 58.2 Å². The van der Waals surface area contributed by atoms with E-state index in [0.29, 0.717) is 17.9 Å². The summed E-state index contributed by atoms with van der Waals surface area (Å²) in [5, 5.41) is 2.99. The van der Waals surface area contributed by atoms with Crippen LogP contribution in [0, 0.1) is 6.92 Å². The van der Waals surface area contributed by atoms with E-state index in [1.54, 1.807) is 55.6 Å². The monoisotopic (exact) mass is 611 g/mol. The van der Waals surface area contributed by atoms with Crippen molar-refractivity contribution in [2.24, 2.45) is 0 Å². The van der Waals surface area contributed by atoms with Crippen molar-refractivity contribution in [2.45, 2.75) is 69.0 Å². The van der Waals surface area contributed by atoms with E-state index < -0.39 is 28.5 Å². The molecule has 226 valence electrons. The van der Waals surface area contributed by atoms with E-state index in [1.165, 1.54) is 16.7 Å². The van der Waals surface area contributed by atoms with Gasteiger partial charge in [-0.3, -0.25) is 13.9 Å². The molecule has 3 aromatic rings. The van der Waals surface area contributed by atoms with Gasteiger partial charge in [-0.2, -0.15) is 0 Å². The number of carbonyl (C=O) groups excluding carboxylic acids is 2. The molecule has 0 aliphatic carbocycles. The van der Waals surface area contributed by atoms with Crippen LogP contribution in [0.1, 0.15) is 44.7 Å². The van der Waals surface area contributed by atoms with Gasteiger partial charge in [0.2, 0.25) is 11.8 Å². The van der Waals surface area contributed by atoms with Crippen LogP contribution >= 0.6 is 11.8 Å². The molecule has 0 bridgehead atoms. The van der Waals surface area contributed by atoms with Crippen LogP contribution in [0.15, 0.2) is 82.6 Å². The fourth-order valence-electron chi connectivity index (χ4n) is 4.44. The molecule has 10 heteroatoms. The van der Waals surface area contributed by atoms with Crippen LogP contribution in [0.3, 0.4) is 0 Å². The minimum absolute atomic E-state index is 0.0750. The maximum atomic E-state index is 14.2. The SMILES string of the molecule is CC[C@@H](C)NC(=O)[C@H](CC)N(Cc1cccc(OC)c1)C(=O)CN(c1ccc(C)cc1)S(=O)(=O)c1ccc(SC)cc1. The summed E-state index contributed by atoms with van der Waals surface area (Å²) in [6, 6.07) is 20.0. The lowest BCUT2D eigenvalue weighted by Gasteiger charge is -2.33. The number of benzene rings is 3. The predicted octanol–water partition coefficient (Wildman–Crippen LogP) is 5.64. The van der Waals surface area contributed by atoms with E-state index in [0.717, 1.165) is 26.7 Å². The second-order valence-electron chi connectivity index (χ2n) is 10.1. The highest BCUT2D eigenvalue weighted by molar-refractivity contribution is 7.98. The molecule has 0 spiro atoms. The third kappa shape index (κ3) is 8.29. The molecule has 42 heavy (non-hydrogen) atoms. The van der Waals surface area contributed by atoms with Crippen molar-refractivity contribution in [3.8, 4) is 5.75 Å². The zero-order valence-electron chi connectivity index (χ0n) is 25.2. The van der Waals surface area contributed by atoms with Gasteiger partial charge < -0.3 is 15.0 Å². The summed E-state index contributed by atoms with van der Waals surface area (Å²) in [7, 11) is -2.56. The fraction of sp³-hybridized carbons (Fsp3) is 0.375. The summed E-state index contributed by atoms with van der Waals surface area (Å²) >= 11 is 1.51. The number of thioether (sulfide) groups is 1. The molecule has 3 aromatic carbocycles. The molecule has 1 N–H and O–H groups in total. The van der Waals surface area contributed by atoms with Crippen molar-refractivity contribution >= 4 is 39.3 Å². The molecule has 0 aromatic heterocycles. The van der Waals surface area contributed by atoms with Gasteiger partial charge in [0.25, 0.3) is 10.0 Å². The number of amides is 2. The van der Waals surface area contributed by atoms with Crippen LogP contribution < -0.4 is 14.4 Å². The molecule has 3 rings (SSSR count). The first-order valence-corrected chi connectivity index (χ1v) is 16.7. The Morgan fingerprint density at radius 2 is 1.64 bits per heavy atom. The molecule has 0 radical (unpaired) electrons. The number of carbonyl (C=O) groups is 2. The highest BCUT2D eigenvalue weighted by Crippen LogP contribution is 2.27. The molecule has 8 nitrogen and oxygen atoms in total. The third-order valence-electron chi connectivity index (χ3n) is 7.12. The number of hydrogen-bond acceptors (Lipinski definition) is 6. The van der Waals surface area contributed by atoms with E-state index in [9.17, 15) is 18.0 Å². The van der Waals surface area contributed by atoms with E-state index in [2.05, 4.69) is 5.32 Å². The van der Waals surface area contributed by atoms with Crippen LogP contribution in [0.2, 0.25) is 0 Å². The Labute approximate surface area is 254 Å². The number of sulfonamides is 1. The average molecular weight is 612 g/mol. The molecule has 2 atom stereocenters. The lowest BCUT2D eigenvalue weighted by molar-refractivity contribution is -0.140. The maximum absolute atomic E-state index is 14.2. The largest absolute Gasteiger partial charge is 0.497 e. The molecule has 0 heterocycles. The summed E-state index contributed by atoms with van der Waals surface area (Å²) in [6.45, 7) is 7.26. The number of ether oxygens (including phenoxy) is 1. The molecule has 0 unspecified atom stereocenters. The Hall–Kier alpha value is -3.50. The smallest absolute Gasteiger partial charge is 0.264 e. The maximum Gasteiger partial charge on any atom is 0.264 e. The van der Waals surface area contributed by atoms with Gasteiger partial charge in [-0.25, -0.2) is 8.42 Å². The molecular weight excluding hydrogens is 571 g/mol. The van der Waals surface area contributed by atoms with E-state index in [4.69, 9.17) is 4.74 Å². The minimum Gasteiger partial charge on any atom is -0.497 e. The van der Waals surface area contributed by atoms with E-state index in [-0.39, 0.29) is 23.4 Å². The van der Waals surface area contributed by atoms with Crippen LogP contribution in [0.4, 0.5) is 5.69 Å². The minimum atomic E-state index is -4.12. The number of nitrogens with zero attached hydrogens (tertiary/aromatic N) is 2. The summed E-state index contributed by atoms with van der Waals surface area (Å²) in [5.41, 5.74) is 2.08. The van der Waals surface area contributed by atoms with Crippen molar-refractivity contribution in [3.05, 3.63) is 83.9 Å². The number of methoxy groups -OCH3 is 1. The topological polar surface area (TPSA) is 96.0 Å². The van der Waals surface area contributed by atoms with Gasteiger partial charge in [-0.1, -0.05) is 43.7 Å². The van der Waals surface area contributed by atoms with Gasteiger partial charge in [0.05, 0.1) is 17.7 Å². The van der Waals surface area contributed by atoms with Gasteiger partial charge in [-0.05, 0) is 87.0 Å². The van der Waals surface area contributed by atoms with Gasteiger partial charge >= 0.3 is 0 Å². The van der Waals surface area contributed by atoms with Gasteiger partial charge in [-0.15, -0.1) is 11.8 Å². The van der Waals surface area contributed by atoms with Crippen molar-refractivity contribution in [3.63, 3.8) is 0 Å². The van der Waals surface area contributed by atoms with Crippen molar-refractivity contribution < 1.29 is 22.7 Å². The molecule has 0 fully saturated rings. The Bertz CT molecular complexity index is 1440. The molecule has 0 saturated heterocycles. The highest BCUT2D eigenvalue weighted by Gasteiger charge is 2.34. The summed E-state index contributed by atoms with van der Waals surface area (Å²) in [4.78, 5) is 30.1. The van der Waals surface area contributed by atoms with Crippen LogP contribution in [0.25, 0.3) is 0 Å². The lowest BCUT2D eigenvalue weighted by Crippen LogP contribution is -2.53. The fourth-order valence-corrected chi connectivity index (χ4v) is 6.27. The first kappa shape index (κ1) is 33.0. The second kappa shape index (κ2) is 15.1. The van der Waals surface area contributed by atoms with Crippen molar-refractivity contribution in [1.29, 1.82) is 0 Å². The average Bonchev–Trinajstić information content (AvgIpc) is 3.00. The van der Waals surface area contributed by atoms with Gasteiger partial charge in [0, 0.05) is 17.5 Å². The van der Waals surface area contributed by atoms with Crippen molar-refractivity contribution in [1.82, 2.24) is 10.2 Å². The first-order chi connectivity index (χ1) is 20.0. The molecule has 0 aliphatic rings. The number of nitrogens with one attached hydrogen (secondary N) is 1. The van der Waals surface area contributed by atoms with Gasteiger partial charge in [0.1, 0.15) is 18.3 Å². The predicted molar refractivity (Wildman–Crippen MR) is 169 cm³/mol. The Kier molecular flexibility index (Phi) is 11.9. The highest BCUT2D eigenvalue weighted by atomic mass is 32.2. The Balaban J connectivity index is 2.06. The zero-order valence-corrected chi connectivity index (χ0v) is 26.8. The van der Waals surface area contributed by atoms with Crippen LogP contribution in [-0.2, 0) is 26.2 Å². The molecule has 0 aliphatic heterocycles.